The van der Waals surface area contributed by atoms with E-state index in [0.29, 0.717) is 17.8 Å². The lowest BCUT2D eigenvalue weighted by Gasteiger charge is -2.09. The lowest BCUT2D eigenvalue weighted by Crippen LogP contribution is -2.23. The zero-order valence-electron chi connectivity index (χ0n) is 11.0. The normalized spacial score (nSPS) is 10.0. The average molecular weight is 256 g/mol. The molecule has 0 radical (unpaired) electrons. The molecule has 0 bridgehead atoms. The lowest BCUT2D eigenvalue weighted by atomic mass is 10.2. The second-order valence-electron chi connectivity index (χ2n) is 4.16. The van der Waals surface area contributed by atoms with Gasteiger partial charge < -0.3 is 10.6 Å². The van der Waals surface area contributed by atoms with E-state index >= 15 is 0 Å². The third-order valence-corrected chi connectivity index (χ3v) is 2.76. The Kier molecular flexibility index (Phi) is 4.07. The fourth-order valence-electron chi connectivity index (χ4n) is 1.67. The minimum absolute atomic E-state index is 0.132. The number of nitrogens with zero attached hydrogens (tertiary/aromatic N) is 2. The van der Waals surface area contributed by atoms with E-state index in [1.54, 1.807) is 31.7 Å². The van der Waals surface area contributed by atoms with E-state index in [-0.39, 0.29) is 5.91 Å². The zero-order chi connectivity index (χ0) is 13.7. The first kappa shape index (κ1) is 13.0. The minimum atomic E-state index is -0.132. The van der Waals surface area contributed by atoms with Crippen LogP contribution in [0.25, 0.3) is 0 Å². The lowest BCUT2D eigenvalue weighted by molar-refractivity contribution is 0.0951. The highest BCUT2D eigenvalue weighted by atomic mass is 16.1. The summed E-state index contributed by atoms with van der Waals surface area (Å²) >= 11 is 0. The maximum atomic E-state index is 12.1. The number of pyridine rings is 2. The van der Waals surface area contributed by atoms with Gasteiger partial charge in [0.2, 0.25) is 0 Å². The monoisotopic (exact) mass is 256 g/mol. The van der Waals surface area contributed by atoms with Gasteiger partial charge in [-0.05, 0) is 24.6 Å². The predicted octanol–water partition coefficient (Wildman–Crippen LogP) is 1.76. The molecule has 0 aromatic carbocycles. The summed E-state index contributed by atoms with van der Waals surface area (Å²) in [6.07, 6.45) is 4.99. The van der Waals surface area contributed by atoms with E-state index in [4.69, 9.17) is 0 Å². The number of rotatable bonds is 4. The minimum Gasteiger partial charge on any atom is -0.386 e. The van der Waals surface area contributed by atoms with Crippen LogP contribution < -0.4 is 10.6 Å². The highest BCUT2D eigenvalue weighted by Crippen LogP contribution is 2.12. The zero-order valence-corrected chi connectivity index (χ0v) is 11.0. The van der Waals surface area contributed by atoms with Crippen molar-refractivity contribution in [3.05, 3.63) is 53.6 Å². The van der Waals surface area contributed by atoms with Gasteiger partial charge in [0, 0.05) is 31.7 Å². The van der Waals surface area contributed by atoms with Crippen molar-refractivity contribution in [1.82, 2.24) is 15.3 Å². The molecule has 2 aromatic heterocycles. The Bertz CT molecular complexity index is 566. The summed E-state index contributed by atoms with van der Waals surface area (Å²) < 4.78 is 0. The van der Waals surface area contributed by atoms with Crippen LogP contribution in [0.2, 0.25) is 0 Å². The maximum absolute atomic E-state index is 12.1. The summed E-state index contributed by atoms with van der Waals surface area (Å²) in [4.78, 5) is 20.2. The fraction of sp³-hybridized carbons (Fsp3) is 0.214. The highest BCUT2D eigenvalue weighted by molar-refractivity contribution is 5.99. The molecule has 0 spiro atoms. The van der Waals surface area contributed by atoms with Gasteiger partial charge in [0.05, 0.1) is 17.4 Å². The van der Waals surface area contributed by atoms with Crippen molar-refractivity contribution in [2.45, 2.75) is 13.5 Å². The van der Waals surface area contributed by atoms with Crippen molar-refractivity contribution in [1.29, 1.82) is 0 Å². The fourth-order valence-corrected chi connectivity index (χ4v) is 1.67. The van der Waals surface area contributed by atoms with Crippen LogP contribution in [0.4, 0.5) is 5.69 Å². The third kappa shape index (κ3) is 3.28. The molecule has 2 N–H and O–H groups in total. The Morgan fingerprint density at radius 2 is 2.11 bits per heavy atom. The quantitative estimate of drug-likeness (QED) is 0.874. The van der Waals surface area contributed by atoms with Crippen LogP contribution in [0.5, 0.6) is 0 Å². The van der Waals surface area contributed by atoms with Gasteiger partial charge in [-0.3, -0.25) is 14.8 Å². The topological polar surface area (TPSA) is 66.9 Å². The van der Waals surface area contributed by atoms with E-state index in [1.165, 1.54) is 0 Å². The Hall–Kier alpha value is -2.43. The van der Waals surface area contributed by atoms with Crippen molar-refractivity contribution in [2.75, 3.05) is 12.4 Å². The van der Waals surface area contributed by atoms with Gasteiger partial charge in [-0.15, -0.1) is 0 Å². The van der Waals surface area contributed by atoms with Gasteiger partial charge in [0.15, 0.2) is 0 Å². The molecule has 5 heteroatoms. The molecule has 0 saturated carbocycles. The molecule has 0 aliphatic rings. The number of aryl methyl sites for hydroxylation is 1. The number of amides is 1. The van der Waals surface area contributed by atoms with E-state index in [2.05, 4.69) is 20.6 Å². The first-order valence-electron chi connectivity index (χ1n) is 6.02. The van der Waals surface area contributed by atoms with Crippen molar-refractivity contribution in [2.24, 2.45) is 0 Å². The van der Waals surface area contributed by atoms with Crippen molar-refractivity contribution in [3.8, 4) is 0 Å². The molecule has 2 aromatic rings. The van der Waals surface area contributed by atoms with Crippen molar-refractivity contribution in [3.63, 3.8) is 0 Å². The van der Waals surface area contributed by atoms with Crippen LogP contribution in [0.1, 0.15) is 21.6 Å². The maximum Gasteiger partial charge on any atom is 0.253 e. The summed E-state index contributed by atoms with van der Waals surface area (Å²) in [5, 5.41) is 5.81. The summed E-state index contributed by atoms with van der Waals surface area (Å²) in [5.41, 5.74) is 3.22. The van der Waals surface area contributed by atoms with Gasteiger partial charge in [-0.25, -0.2) is 0 Å². The van der Waals surface area contributed by atoms with E-state index < -0.39 is 0 Å². The number of hydrogen-bond acceptors (Lipinski definition) is 4. The van der Waals surface area contributed by atoms with Crippen LogP contribution in [0, 0.1) is 6.92 Å². The second kappa shape index (κ2) is 5.95. The molecule has 19 heavy (non-hydrogen) atoms. The summed E-state index contributed by atoms with van der Waals surface area (Å²) in [6, 6.07) is 5.57. The SMILES string of the molecule is CNc1cnccc1C(=O)NCc1ccc(C)nc1. The molecule has 98 valence electrons. The molecule has 0 saturated heterocycles. The van der Waals surface area contributed by atoms with Crippen LogP contribution >= 0.6 is 0 Å². The number of anilines is 1. The van der Waals surface area contributed by atoms with Gasteiger partial charge in [0.1, 0.15) is 0 Å². The Morgan fingerprint density at radius 3 is 2.79 bits per heavy atom. The van der Waals surface area contributed by atoms with Crippen molar-refractivity contribution >= 4 is 11.6 Å². The molecule has 0 aliphatic carbocycles. The largest absolute Gasteiger partial charge is 0.386 e. The molecule has 2 rings (SSSR count). The molecular formula is C14H16N4O. The Balaban J connectivity index is 2.03. The highest BCUT2D eigenvalue weighted by Gasteiger charge is 2.09. The van der Waals surface area contributed by atoms with E-state index in [0.717, 1.165) is 11.3 Å². The standard InChI is InChI=1S/C14H16N4O/c1-10-3-4-11(7-17-10)8-18-14(19)12-5-6-16-9-13(12)15-2/h3-7,9,15H,8H2,1-2H3,(H,18,19). The van der Waals surface area contributed by atoms with Gasteiger partial charge in [0.25, 0.3) is 5.91 Å². The third-order valence-electron chi connectivity index (χ3n) is 2.76. The molecule has 2 heterocycles. The van der Waals surface area contributed by atoms with Crippen LogP contribution in [0.3, 0.4) is 0 Å². The van der Waals surface area contributed by atoms with Gasteiger partial charge >= 0.3 is 0 Å². The molecule has 0 unspecified atom stereocenters. The second-order valence-corrected chi connectivity index (χ2v) is 4.16. The summed E-state index contributed by atoms with van der Waals surface area (Å²) in [7, 11) is 1.76. The number of carbonyl (C=O) groups excluding carboxylic acids is 1. The molecule has 0 atom stereocenters. The number of aromatic nitrogens is 2. The molecular weight excluding hydrogens is 240 g/mol. The Morgan fingerprint density at radius 1 is 1.26 bits per heavy atom. The Labute approximate surface area is 112 Å². The number of carbonyl (C=O) groups is 1. The van der Waals surface area contributed by atoms with E-state index in [1.807, 2.05) is 19.1 Å². The molecule has 0 fully saturated rings. The molecule has 1 amide bonds. The average Bonchev–Trinajstić information content (AvgIpc) is 2.46. The molecule has 0 aliphatic heterocycles. The van der Waals surface area contributed by atoms with Crippen molar-refractivity contribution < 1.29 is 4.79 Å². The van der Waals surface area contributed by atoms with Crippen LogP contribution in [-0.4, -0.2) is 22.9 Å². The first-order chi connectivity index (χ1) is 9.20. The molecule has 5 nitrogen and oxygen atoms in total. The van der Waals surface area contributed by atoms with Gasteiger partial charge in [-0.2, -0.15) is 0 Å². The number of hydrogen-bond donors (Lipinski definition) is 2. The predicted molar refractivity (Wildman–Crippen MR) is 73.9 cm³/mol. The van der Waals surface area contributed by atoms with Crippen LogP contribution in [0.15, 0.2) is 36.8 Å². The van der Waals surface area contributed by atoms with E-state index in [9.17, 15) is 4.79 Å². The first-order valence-corrected chi connectivity index (χ1v) is 6.02. The smallest absolute Gasteiger partial charge is 0.253 e. The van der Waals surface area contributed by atoms with Crippen LogP contribution in [-0.2, 0) is 6.54 Å². The summed E-state index contributed by atoms with van der Waals surface area (Å²) in [6.45, 7) is 2.39. The number of nitrogens with one attached hydrogen (secondary N) is 2. The van der Waals surface area contributed by atoms with Gasteiger partial charge in [-0.1, -0.05) is 6.07 Å². The summed E-state index contributed by atoms with van der Waals surface area (Å²) in [5.74, 6) is -0.132.